The summed E-state index contributed by atoms with van der Waals surface area (Å²) in [5.41, 5.74) is 5.61. The molecule has 0 unspecified atom stereocenters. The van der Waals surface area contributed by atoms with E-state index in [1.54, 1.807) is 7.11 Å². The molecule has 0 amide bonds. The first-order chi connectivity index (χ1) is 8.88. The fourth-order valence-corrected chi connectivity index (χ4v) is 2.63. The van der Waals surface area contributed by atoms with Gasteiger partial charge < -0.3 is 15.2 Å². The first-order valence-corrected chi connectivity index (χ1v) is 7.39. The number of nitrogens with zero attached hydrogens (tertiary/aromatic N) is 1. The van der Waals surface area contributed by atoms with Gasteiger partial charge in [-0.1, -0.05) is 12.8 Å². The number of ether oxygens (including phenoxy) is 2. The maximum Gasteiger partial charge on any atom is 0.0593 e. The predicted molar refractivity (Wildman–Crippen MR) is 74.8 cm³/mol. The highest BCUT2D eigenvalue weighted by molar-refractivity contribution is 4.77. The Morgan fingerprint density at radius 1 is 1.06 bits per heavy atom. The lowest BCUT2D eigenvalue weighted by Crippen LogP contribution is -2.37. The van der Waals surface area contributed by atoms with Crippen LogP contribution < -0.4 is 5.73 Å². The standard InChI is InChI=1S/C14H30N2O2/c1-17-11-5-12-18-13-10-16(9-4-8-15)14-6-2-3-7-14/h14H,2-13,15H2,1H3. The normalized spacial score (nSPS) is 16.8. The van der Waals surface area contributed by atoms with Crippen LogP contribution in [0.1, 0.15) is 38.5 Å². The van der Waals surface area contributed by atoms with Gasteiger partial charge in [0.05, 0.1) is 6.61 Å². The summed E-state index contributed by atoms with van der Waals surface area (Å²) in [6.45, 7) is 5.41. The molecule has 1 saturated carbocycles. The topological polar surface area (TPSA) is 47.7 Å². The summed E-state index contributed by atoms with van der Waals surface area (Å²) >= 11 is 0. The van der Waals surface area contributed by atoms with E-state index in [1.807, 2.05) is 0 Å². The summed E-state index contributed by atoms with van der Waals surface area (Å²) in [5, 5.41) is 0. The molecule has 0 heterocycles. The SMILES string of the molecule is COCCCOCCN(CCCN)C1CCCC1. The van der Waals surface area contributed by atoms with Crippen LogP contribution in [-0.2, 0) is 9.47 Å². The van der Waals surface area contributed by atoms with Crippen LogP contribution in [0.15, 0.2) is 0 Å². The molecular formula is C14H30N2O2. The van der Waals surface area contributed by atoms with Gasteiger partial charge in [0.25, 0.3) is 0 Å². The van der Waals surface area contributed by atoms with Crippen molar-refractivity contribution in [2.45, 2.75) is 44.6 Å². The van der Waals surface area contributed by atoms with Crippen molar-refractivity contribution in [2.24, 2.45) is 5.73 Å². The Morgan fingerprint density at radius 2 is 1.83 bits per heavy atom. The van der Waals surface area contributed by atoms with Crippen LogP contribution in [-0.4, -0.2) is 57.5 Å². The summed E-state index contributed by atoms with van der Waals surface area (Å²) in [5.74, 6) is 0. The van der Waals surface area contributed by atoms with E-state index in [9.17, 15) is 0 Å². The Morgan fingerprint density at radius 3 is 2.50 bits per heavy atom. The molecule has 1 aliphatic carbocycles. The monoisotopic (exact) mass is 258 g/mol. The van der Waals surface area contributed by atoms with Gasteiger partial charge >= 0.3 is 0 Å². The van der Waals surface area contributed by atoms with Gasteiger partial charge in [-0.05, 0) is 38.8 Å². The van der Waals surface area contributed by atoms with Gasteiger partial charge in [0.2, 0.25) is 0 Å². The predicted octanol–water partition coefficient (Wildman–Crippen LogP) is 1.63. The number of hydrogen-bond donors (Lipinski definition) is 1. The number of hydrogen-bond acceptors (Lipinski definition) is 4. The maximum absolute atomic E-state index is 5.65. The molecule has 0 radical (unpaired) electrons. The van der Waals surface area contributed by atoms with Gasteiger partial charge in [0.1, 0.15) is 0 Å². The molecule has 0 aromatic heterocycles. The highest BCUT2D eigenvalue weighted by Gasteiger charge is 2.21. The van der Waals surface area contributed by atoms with Crippen molar-refractivity contribution in [3.05, 3.63) is 0 Å². The molecule has 1 fully saturated rings. The second-order valence-electron chi connectivity index (χ2n) is 5.08. The number of methoxy groups -OCH3 is 1. The fraction of sp³-hybridized carbons (Fsp3) is 1.00. The van der Waals surface area contributed by atoms with E-state index in [0.717, 1.165) is 58.3 Å². The van der Waals surface area contributed by atoms with E-state index < -0.39 is 0 Å². The molecule has 0 bridgehead atoms. The third-order valence-electron chi connectivity index (χ3n) is 3.65. The Labute approximate surface area is 112 Å². The molecule has 1 rings (SSSR count). The van der Waals surface area contributed by atoms with Crippen LogP contribution in [0, 0.1) is 0 Å². The van der Waals surface area contributed by atoms with Crippen molar-refractivity contribution in [3.63, 3.8) is 0 Å². The van der Waals surface area contributed by atoms with Gasteiger partial charge in [-0.2, -0.15) is 0 Å². The minimum atomic E-state index is 0.777. The van der Waals surface area contributed by atoms with Crippen molar-refractivity contribution >= 4 is 0 Å². The van der Waals surface area contributed by atoms with Gasteiger partial charge in [-0.15, -0.1) is 0 Å². The molecule has 0 aromatic carbocycles. The van der Waals surface area contributed by atoms with Crippen LogP contribution in [0.4, 0.5) is 0 Å². The summed E-state index contributed by atoms with van der Waals surface area (Å²) in [7, 11) is 1.73. The van der Waals surface area contributed by atoms with Crippen LogP contribution in [0.2, 0.25) is 0 Å². The fourth-order valence-electron chi connectivity index (χ4n) is 2.63. The highest BCUT2D eigenvalue weighted by Crippen LogP contribution is 2.23. The van der Waals surface area contributed by atoms with E-state index in [2.05, 4.69) is 4.90 Å². The molecule has 1 aliphatic rings. The molecule has 2 N–H and O–H groups in total. The van der Waals surface area contributed by atoms with Crippen molar-refractivity contribution < 1.29 is 9.47 Å². The average Bonchev–Trinajstić information content (AvgIpc) is 2.91. The summed E-state index contributed by atoms with van der Waals surface area (Å²) in [6.07, 6.45) is 7.57. The Balaban J connectivity index is 2.11. The number of rotatable bonds is 11. The molecule has 0 aromatic rings. The summed E-state index contributed by atoms with van der Waals surface area (Å²) < 4.78 is 10.7. The average molecular weight is 258 g/mol. The van der Waals surface area contributed by atoms with E-state index in [1.165, 1.54) is 25.7 Å². The molecule has 0 saturated heterocycles. The second kappa shape index (κ2) is 10.7. The van der Waals surface area contributed by atoms with Crippen LogP contribution in [0.5, 0.6) is 0 Å². The number of nitrogens with two attached hydrogens (primary N) is 1. The third-order valence-corrected chi connectivity index (χ3v) is 3.65. The maximum atomic E-state index is 5.65. The summed E-state index contributed by atoms with van der Waals surface area (Å²) in [4.78, 5) is 2.58. The minimum absolute atomic E-state index is 0.777. The van der Waals surface area contributed by atoms with Crippen molar-refractivity contribution in [1.29, 1.82) is 0 Å². The van der Waals surface area contributed by atoms with E-state index in [4.69, 9.17) is 15.2 Å². The lowest BCUT2D eigenvalue weighted by molar-refractivity contribution is 0.0723. The Kier molecular flexibility index (Phi) is 9.48. The molecule has 4 nitrogen and oxygen atoms in total. The van der Waals surface area contributed by atoms with Gasteiger partial charge in [-0.25, -0.2) is 0 Å². The Hall–Kier alpha value is -0.160. The van der Waals surface area contributed by atoms with Crippen molar-refractivity contribution in [3.8, 4) is 0 Å². The van der Waals surface area contributed by atoms with E-state index >= 15 is 0 Å². The molecule has 4 heteroatoms. The van der Waals surface area contributed by atoms with Crippen molar-refractivity contribution in [2.75, 3.05) is 46.6 Å². The van der Waals surface area contributed by atoms with Crippen LogP contribution in [0.25, 0.3) is 0 Å². The molecule has 0 aliphatic heterocycles. The first-order valence-electron chi connectivity index (χ1n) is 7.39. The Bertz CT molecular complexity index is 185. The minimum Gasteiger partial charge on any atom is -0.385 e. The molecule has 18 heavy (non-hydrogen) atoms. The quantitative estimate of drug-likeness (QED) is 0.572. The molecule has 0 atom stereocenters. The first kappa shape index (κ1) is 15.9. The van der Waals surface area contributed by atoms with Gasteiger partial charge in [0.15, 0.2) is 0 Å². The van der Waals surface area contributed by atoms with Gasteiger partial charge in [0, 0.05) is 32.9 Å². The van der Waals surface area contributed by atoms with Crippen LogP contribution >= 0.6 is 0 Å². The zero-order valence-electron chi connectivity index (χ0n) is 11.9. The van der Waals surface area contributed by atoms with Crippen LogP contribution in [0.3, 0.4) is 0 Å². The molecular weight excluding hydrogens is 228 g/mol. The van der Waals surface area contributed by atoms with Gasteiger partial charge in [-0.3, -0.25) is 4.90 Å². The third kappa shape index (κ3) is 6.69. The largest absolute Gasteiger partial charge is 0.385 e. The second-order valence-corrected chi connectivity index (χ2v) is 5.08. The summed E-state index contributed by atoms with van der Waals surface area (Å²) in [6, 6.07) is 0.777. The lowest BCUT2D eigenvalue weighted by atomic mass is 10.2. The van der Waals surface area contributed by atoms with E-state index in [-0.39, 0.29) is 0 Å². The highest BCUT2D eigenvalue weighted by atomic mass is 16.5. The zero-order valence-corrected chi connectivity index (χ0v) is 11.9. The van der Waals surface area contributed by atoms with Crippen molar-refractivity contribution in [1.82, 2.24) is 4.90 Å². The smallest absolute Gasteiger partial charge is 0.0593 e. The molecule has 108 valence electrons. The lowest BCUT2D eigenvalue weighted by Gasteiger charge is -2.28. The molecule has 0 spiro atoms. The van der Waals surface area contributed by atoms with E-state index in [0.29, 0.717) is 0 Å². The zero-order chi connectivity index (χ0) is 13.1.